The van der Waals surface area contributed by atoms with E-state index in [1.54, 1.807) is 0 Å². The van der Waals surface area contributed by atoms with Crippen LogP contribution in [0.4, 0.5) is 0 Å². The molecule has 0 fully saturated rings. The molecule has 0 radical (unpaired) electrons. The van der Waals surface area contributed by atoms with Crippen LogP contribution in [-0.4, -0.2) is 41.2 Å². The number of nitrogens with one attached hydrogen (secondary N) is 1. The van der Waals surface area contributed by atoms with Crippen molar-refractivity contribution in [1.29, 1.82) is 0 Å². The lowest BCUT2D eigenvalue weighted by molar-refractivity contribution is 0.323. The molecule has 0 spiro atoms. The van der Waals surface area contributed by atoms with Gasteiger partial charge >= 0.3 is 0 Å². The van der Waals surface area contributed by atoms with Crippen molar-refractivity contribution in [3.63, 3.8) is 0 Å². The van der Waals surface area contributed by atoms with Crippen molar-refractivity contribution in [2.24, 2.45) is 5.92 Å². The lowest BCUT2D eigenvalue weighted by atomic mass is 10.1. The highest BCUT2D eigenvalue weighted by atomic mass is 32.1. The van der Waals surface area contributed by atoms with E-state index in [-0.39, 0.29) is 0 Å². The van der Waals surface area contributed by atoms with Crippen molar-refractivity contribution < 1.29 is 0 Å². The monoisotopic (exact) mass is 270 g/mol. The summed E-state index contributed by atoms with van der Waals surface area (Å²) >= 11 is 1.53. The molecule has 5 heteroatoms. The van der Waals surface area contributed by atoms with E-state index in [2.05, 4.69) is 54.5 Å². The fraction of sp³-hybridized carbons (Fsp3) is 0.846. The van der Waals surface area contributed by atoms with Crippen molar-refractivity contribution in [2.45, 2.75) is 40.2 Å². The third-order valence-corrected chi connectivity index (χ3v) is 3.49. The molecular weight excluding hydrogens is 244 g/mol. The van der Waals surface area contributed by atoms with Crippen LogP contribution in [-0.2, 0) is 6.54 Å². The summed E-state index contributed by atoms with van der Waals surface area (Å²) in [5, 5.41) is 7.68. The van der Waals surface area contributed by atoms with Gasteiger partial charge in [-0.3, -0.25) is 4.90 Å². The van der Waals surface area contributed by atoms with E-state index in [9.17, 15) is 0 Å². The molecule has 0 aliphatic carbocycles. The first kappa shape index (κ1) is 15.5. The first-order valence-electron chi connectivity index (χ1n) is 6.71. The van der Waals surface area contributed by atoms with Crippen LogP contribution in [0.2, 0.25) is 0 Å². The second-order valence-electron chi connectivity index (χ2n) is 5.57. The number of likely N-dealkylation sites (N-methyl/N-ethyl adjacent to an activating group) is 1. The van der Waals surface area contributed by atoms with Gasteiger partial charge in [0.2, 0.25) is 0 Å². The fourth-order valence-electron chi connectivity index (χ4n) is 1.75. The Kier molecular flexibility index (Phi) is 6.75. The van der Waals surface area contributed by atoms with Crippen molar-refractivity contribution >= 4 is 11.5 Å². The zero-order valence-corrected chi connectivity index (χ0v) is 13.0. The van der Waals surface area contributed by atoms with Crippen LogP contribution in [0.1, 0.15) is 44.2 Å². The zero-order valence-electron chi connectivity index (χ0n) is 12.2. The quantitative estimate of drug-likeness (QED) is 0.736. The topological polar surface area (TPSA) is 41.0 Å². The summed E-state index contributed by atoms with van der Waals surface area (Å²) in [4.78, 5) is 3.63. The predicted molar refractivity (Wildman–Crippen MR) is 78.0 cm³/mol. The van der Waals surface area contributed by atoms with Gasteiger partial charge < -0.3 is 5.32 Å². The molecule has 1 aromatic rings. The maximum absolute atomic E-state index is 4.21. The standard InChI is InChI=1S/C13H26N4S/c1-10(2)8-14-6-7-17(5)9-12-13(11(3)4)15-16-18-12/h10-11,14H,6-9H2,1-5H3. The Bertz CT molecular complexity index is 335. The Morgan fingerprint density at radius 2 is 2.00 bits per heavy atom. The fourth-order valence-corrected chi connectivity index (χ4v) is 2.62. The number of aromatic nitrogens is 2. The van der Waals surface area contributed by atoms with E-state index in [0.717, 1.165) is 31.9 Å². The third-order valence-electron chi connectivity index (χ3n) is 2.77. The summed E-state index contributed by atoms with van der Waals surface area (Å²) in [5.41, 5.74) is 1.15. The smallest absolute Gasteiger partial charge is 0.0826 e. The van der Waals surface area contributed by atoms with Gasteiger partial charge in [0, 0.05) is 19.6 Å². The first-order chi connectivity index (χ1) is 8.50. The molecule has 0 aliphatic rings. The first-order valence-corrected chi connectivity index (χ1v) is 7.48. The molecule has 1 rings (SSSR count). The van der Waals surface area contributed by atoms with E-state index >= 15 is 0 Å². The van der Waals surface area contributed by atoms with Gasteiger partial charge in [-0.05, 0) is 37.0 Å². The molecule has 4 nitrogen and oxygen atoms in total. The molecule has 0 saturated carbocycles. The van der Waals surface area contributed by atoms with Crippen LogP contribution in [0.5, 0.6) is 0 Å². The van der Waals surface area contributed by atoms with E-state index in [4.69, 9.17) is 0 Å². The molecule has 104 valence electrons. The Labute approximate surface area is 115 Å². The summed E-state index contributed by atoms with van der Waals surface area (Å²) < 4.78 is 4.07. The molecule has 1 aromatic heterocycles. The molecule has 0 atom stereocenters. The van der Waals surface area contributed by atoms with Gasteiger partial charge in [-0.25, -0.2) is 0 Å². The number of nitrogens with zero attached hydrogens (tertiary/aromatic N) is 3. The van der Waals surface area contributed by atoms with Crippen molar-refractivity contribution in [1.82, 2.24) is 19.8 Å². The highest BCUT2D eigenvalue weighted by Crippen LogP contribution is 2.20. The number of hydrogen-bond donors (Lipinski definition) is 1. The second kappa shape index (κ2) is 7.81. The number of hydrogen-bond acceptors (Lipinski definition) is 5. The van der Waals surface area contributed by atoms with Crippen LogP contribution in [0.3, 0.4) is 0 Å². The maximum Gasteiger partial charge on any atom is 0.0826 e. The van der Waals surface area contributed by atoms with Crippen LogP contribution in [0.15, 0.2) is 0 Å². The summed E-state index contributed by atoms with van der Waals surface area (Å²) in [6, 6.07) is 0. The Morgan fingerprint density at radius 3 is 2.61 bits per heavy atom. The summed E-state index contributed by atoms with van der Waals surface area (Å²) in [6.45, 7) is 12.9. The third kappa shape index (κ3) is 5.42. The molecule has 0 amide bonds. The summed E-state index contributed by atoms with van der Waals surface area (Å²) in [5.74, 6) is 1.18. The second-order valence-corrected chi connectivity index (χ2v) is 6.41. The maximum atomic E-state index is 4.21. The lowest BCUT2D eigenvalue weighted by Gasteiger charge is -2.17. The predicted octanol–water partition coefficient (Wildman–Crippen LogP) is 2.34. The van der Waals surface area contributed by atoms with Crippen LogP contribution in [0.25, 0.3) is 0 Å². The molecule has 0 saturated heterocycles. The lowest BCUT2D eigenvalue weighted by Crippen LogP contribution is -2.30. The average Bonchev–Trinajstić information content (AvgIpc) is 2.72. The van der Waals surface area contributed by atoms with Gasteiger partial charge in [-0.15, -0.1) is 5.10 Å². The minimum atomic E-state index is 0.464. The molecule has 18 heavy (non-hydrogen) atoms. The van der Waals surface area contributed by atoms with Gasteiger partial charge in [0.1, 0.15) is 0 Å². The molecule has 1 heterocycles. The Morgan fingerprint density at radius 1 is 1.28 bits per heavy atom. The molecule has 0 aliphatic heterocycles. The van der Waals surface area contributed by atoms with E-state index in [1.165, 1.54) is 16.4 Å². The molecule has 0 aromatic carbocycles. The highest BCUT2D eigenvalue weighted by molar-refractivity contribution is 7.05. The molecule has 0 bridgehead atoms. The van der Waals surface area contributed by atoms with Gasteiger partial charge in [0.25, 0.3) is 0 Å². The summed E-state index contributed by atoms with van der Waals surface area (Å²) in [7, 11) is 2.15. The van der Waals surface area contributed by atoms with E-state index in [0.29, 0.717) is 11.8 Å². The van der Waals surface area contributed by atoms with Crippen LogP contribution < -0.4 is 5.32 Å². The van der Waals surface area contributed by atoms with Gasteiger partial charge in [-0.1, -0.05) is 32.2 Å². The van der Waals surface area contributed by atoms with Crippen molar-refractivity contribution in [2.75, 3.05) is 26.7 Å². The van der Waals surface area contributed by atoms with Gasteiger partial charge in [0.15, 0.2) is 0 Å². The number of rotatable bonds is 8. The molecular formula is C13H26N4S. The van der Waals surface area contributed by atoms with Crippen molar-refractivity contribution in [3.05, 3.63) is 10.6 Å². The largest absolute Gasteiger partial charge is 0.315 e. The van der Waals surface area contributed by atoms with Gasteiger partial charge in [0.05, 0.1) is 10.6 Å². The van der Waals surface area contributed by atoms with Crippen LogP contribution >= 0.6 is 11.5 Å². The zero-order chi connectivity index (χ0) is 13.5. The Balaban J connectivity index is 2.31. The Hall–Kier alpha value is -0.520. The minimum Gasteiger partial charge on any atom is -0.315 e. The molecule has 0 unspecified atom stereocenters. The van der Waals surface area contributed by atoms with Crippen LogP contribution in [0, 0.1) is 5.92 Å². The van der Waals surface area contributed by atoms with Crippen molar-refractivity contribution in [3.8, 4) is 0 Å². The SMILES string of the molecule is CC(C)CNCCN(C)Cc1snnc1C(C)C. The normalized spacial score (nSPS) is 12.0. The highest BCUT2D eigenvalue weighted by Gasteiger charge is 2.13. The van der Waals surface area contributed by atoms with E-state index < -0.39 is 0 Å². The summed E-state index contributed by atoms with van der Waals surface area (Å²) in [6.07, 6.45) is 0. The van der Waals surface area contributed by atoms with Gasteiger partial charge in [-0.2, -0.15) is 0 Å². The minimum absolute atomic E-state index is 0.464. The molecule has 1 N–H and O–H groups in total. The average molecular weight is 270 g/mol. The van der Waals surface area contributed by atoms with E-state index in [1.807, 2.05) is 0 Å².